The van der Waals surface area contributed by atoms with Gasteiger partial charge in [0, 0.05) is 5.75 Å². The number of nitrogens with two attached hydrogens (primary N) is 1. The summed E-state index contributed by atoms with van der Waals surface area (Å²) < 4.78 is 0. The Morgan fingerprint density at radius 1 is 1.65 bits per heavy atom. The minimum absolute atomic E-state index is 0.00602. The molecule has 1 aromatic rings. The van der Waals surface area contributed by atoms with Crippen molar-refractivity contribution in [3.05, 3.63) is 11.3 Å². The van der Waals surface area contributed by atoms with Gasteiger partial charge in [-0.3, -0.25) is 9.69 Å². The number of aromatic nitrogens is 4. The van der Waals surface area contributed by atoms with E-state index in [4.69, 9.17) is 5.73 Å². The van der Waals surface area contributed by atoms with Crippen LogP contribution in [-0.2, 0) is 9.59 Å². The van der Waals surface area contributed by atoms with Crippen LogP contribution in [0.1, 0.15) is 6.42 Å². The van der Waals surface area contributed by atoms with Crippen LogP contribution in [0.4, 0.5) is 0 Å². The predicted octanol–water partition coefficient (Wildman–Crippen LogP) is -0.780. The van der Waals surface area contributed by atoms with Crippen LogP contribution in [0.2, 0.25) is 0 Å². The number of thioether (sulfide) groups is 2. The lowest BCUT2D eigenvalue weighted by Crippen LogP contribution is -2.56. The van der Waals surface area contributed by atoms with Crippen molar-refractivity contribution in [3.63, 3.8) is 0 Å². The average molecular weight is 314 g/mol. The number of tetrazole rings is 1. The minimum atomic E-state index is -1.14. The largest absolute Gasteiger partial charge is 0.477 e. The molecule has 2 unspecified atom stereocenters. The molecular weight excluding hydrogens is 304 g/mol. The highest BCUT2D eigenvalue weighted by Crippen LogP contribution is 2.43. The fraction of sp³-hybridized carbons (Fsp3) is 0.444. The van der Waals surface area contributed by atoms with Crippen molar-refractivity contribution in [2.75, 3.05) is 5.75 Å². The summed E-state index contributed by atoms with van der Waals surface area (Å²) in [4.78, 5) is 24.3. The molecule has 4 N–H and O–H groups in total. The van der Waals surface area contributed by atoms with Gasteiger partial charge >= 0.3 is 5.97 Å². The third kappa shape index (κ3) is 2.17. The molecule has 9 nitrogen and oxygen atoms in total. The molecule has 0 aromatic carbocycles. The van der Waals surface area contributed by atoms with Crippen LogP contribution < -0.4 is 5.73 Å². The number of rotatable bonds is 4. The predicted molar refractivity (Wildman–Crippen MR) is 70.4 cm³/mol. The lowest BCUT2D eigenvalue weighted by molar-refractivity contribution is -0.146. The fourth-order valence-corrected chi connectivity index (χ4v) is 4.24. The van der Waals surface area contributed by atoms with E-state index in [9.17, 15) is 14.7 Å². The van der Waals surface area contributed by atoms with E-state index in [2.05, 4.69) is 20.6 Å². The first kappa shape index (κ1) is 13.4. The van der Waals surface area contributed by atoms with Gasteiger partial charge in [-0.25, -0.2) is 4.79 Å². The van der Waals surface area contributed by atoms with Crippen LogP contribution in [0.15, 0.2) is 16.4 Å². The van der Waals surface area contributed by atoms with Crippen LogP contribution >= 0.6 is 23.5 Å². The number of carboxylic acids is 1. The van der Waals surface area contributed by atoms with E-state index >= 15 is 0 Å². The van der Waals surface area contributed by atoms with Gasteiger partial charge in [0.15, 0.2) is 0 Å². The van der Waals surface area contributed by atoms with E-state index in [0.29, 0.717) is 22.9 Å². The summed E-state index contributed by atoms with van der Waals surface area (Å²) in [5.41, 5.74) is 6.50. The molecule has 2 aliphatic heterocycles. The number of H-pyrrole nitrogens is 1. The zero-order chi connectivity index (χ0) is 14.3. The number of aliphatic carboxylic acids is 1. The van der Waals surface area contributed by atoms with Gasteiger partial charge in [0.25, 0.3) is 0 Å². The molecule has 0 spiro atoms. The highest BCUT2D eigenvalue weighted by molar-refractivity contribution is 8.01. The Kier molecular flexibility index (Phi) is 3.40. The molecule has 2 atom stereocenters. The second kappa shape index (κ2) is 5.07. The molecule has 0 aliphatic carbocycles. The van der Waals surface area contributed by atoms with Crippen LogP contribution in [0.25, 0.3) is 0 Å². The normalized spacial score (nSPS) is 25.4. The number of fused-ring (bicyclic) bond motifs is 1. The van der Waals surface area contributed by atoms with Gasteiger partial charge in [0.2, 0.25) is 11.1 Å². The highest BCUT2D eigenvalue weighted by atomic mass is 32.2. The zero-order valence-corrected chi connectivity index (χ0v) is 11.6. The van der Waals surface area contributed by atoms with E-state index in [-0.39, 0.29) is 17.0 Å². The van der Waals surface area contributed by atoms with Crippen molar-refractivity contribution < 1.29 is 14.7 Å². The number of nitrogens with zero attached hydrogens (tertiary/aromatic N) is 4. The number of carbonyl (C=O) groups is 2. The first-order chi connectivity index (χ1) is 9.58. The number of aromatic amines is 1. The van der Waals surface area contributed by atoms with Crippen molar-refractivity contribution in [1.29, 1.82) is 0 Å². The van der Waals surface area contributed by atoms with Crippen molar-refractivity contribution in [2.45, 2.75) is 22.3 Å². The Bertz CT molecular complexity index is 589. The molecule has 0 radical (unpaired) electrons. The Balaban J connectivity index is 1.88. The fourth-order valence-electron chi connectivity index (χ4n) is 2.05. The topological polar surface area (TPSA) is 138 Å². The van der Waals surface area contributed by atoms with Crippen molar-refractivity contribution in [1.82, 2.24) is 25.5 Å². The van der Waals surface area contributed by atoms with Gasteiger partial charge < -0.3 is 10.8 Å². The highest BCUT2D eigenvalue weighted by Gasteiger charge is 2.47. The molecule has 2 aliphatic rings. The standard InChI is InChI=1S/C9H10N6O3S2/c10-7-3(2-19-9-11-13-14-12-9)6(8(17)18)15-4(16)1-5(15)20-7/h5,7H,1-2,10H2,(H,17,18)(H,11,12,13,14). The SMILES string of the molecule is NC1SC2CC(=O)N2C(C(=O)O)=C1CSc1nn[nH]n1. The first-order valence-corrected chi connectivity index (χ1v) is 7.56. The summed E-state index contributed by atoms with van der Waals surface area (Å²) in [6.07, 6.45) is 0.334. The number of carbonyl (C=O) groups excluding carboxylic acids is 1. The van der Waals surface area contributed by atoms with Gasteiger partial charge in [0.05, 0.1) is 17.2 Å². The van der Waals surface area contributed by atoms with Gasteiger partial charge in [0.1, 0.15) is 5.70 Å². The maximum atomic E-state index is 11.6. The third-order valence-electron chi connectivity index (χ3n) is 2.98. The van der Waals surface area contributed by atoms with Crippen molar-refractivity contribution >= 4 is 35.4 Å². The second-order valence-electron chi connectivity index (χ2n) is 4.14. The Hall–Kier alpha value is -1.59. The molecule has 20 heavy (non-hydrogen) atoms. The lowest BCUT2D eigenvalue weighted by Gasteiger charge is -2.45. The summed E-state index contributed by atoms with van der Waals surface area (Å²) >= 11 is 2.61. The molecule has 1 aromatic heterocycles. The Labute approximate surface area is 121 Å². The van der Waals surface area contributed by atoms with Crippen molar-refractivity contribution in [3.8, 4) is 0 Å². The van der Waals surface area contributed by atoms with Crippen molar-refractivity contribution in [2.24, 2.45) is 5.73 Å². The Morgan fingerprint density at radius 3 is 3.05 bits per heavy atom. The number of hydrogen-bond donors (Lipinski definition) is 3. The molecule has 0 bridgehead atoms. The third-order valence-corrected chi connectivity index (χ3v) is 5.14. The summed E-state index contributed by atoms with van der Waals surface area (Å²) in [5.74, 6) is -1.03. The molecule has 106 valence electrons. The van der Waals surface area contributed by atoms with Crippen LogP contribution in [0, 0.1) is 0 Å². The molecule has 1 amide bonds. The molecular formula is C9H10N6O3S2. The summed E-state index contributed by atoms with van der Waals surface area (Å²) in [6, 6.07) is 0. The van der Waals surface area contributed by atoms with E-state index in [1.807, 2.05) is 0 Å². The van der Waals surface area contributed by atoms with E-state index < -0.39 is 11.3 Å². The molecule has 3 rings (SSSR count). The average Bonchev–Trinajstić information content (AvgIpc) is 2.89. The van der Waals surface area contributed by atoms with Gasteiger partial charge in [-0.15, -0.1) is 22.0 Å². The number of amides is 1. The second-order valence-corrected chi connectivity index (χ2v) is 6.41. The maximum absolute atomic E-state index is 11.6. The van der Waals surface area contributed by atoms with Crippen LogP contribution in [-0.4, -0.2) is 59.0 Å². The molecule has 3 heterocycles. The number of hydrogen-bond acceptors (Lipinski definition) is 8. The minimum Gasteiger partial charge on any atom is -0.477 e. The first-order valence-electron chi connectivity index (χ1n) is 5.63. The molecule has 11 heteroatoms. The summed E-state index contributed by atoms with van der Waals surface area (Å²) in [6.45, 7) is 0. The summed E-state index contributed by atoms with van der Waals surface area (Å²) in [7, 11) is 0. The summed E-state index contributed by atoms with van der Waals surface area (Å²) in [5, 5.41) is 22.4. The lowest BCUT2D eigenvalue weighted by atomic mass is 10.1. The van der Waals surface area contributed by atoms with Gasteiger partial charge in [-0.2, -0.15) is 5.21 Å². The smallest absolute Gasteiger partial charge is 0.352 e. The zero-order valence-electron chi connectivity index (χ0n) is 10.0. The van der Waals surface area contributed by atoms with E-state index in [1.54, 1.807) is 0 Å². The number of nitrogens with one attached hydrogen (secondary N) is 1. The number of carboxylic acid groups (broad SMARTS) is 1. The monoisotopic (exact) mass is 314 g/mol. The Morgan fingerprint density at radius 2 is 2.45 bits per heavy atom. The van der Waals surface area contributed by atoms with Crippen LogP contribution in [0.3, 0.4) is 0 Å². The van der Waals surface area contributed by atoms with Crippen LogP contribution in [0.5, 0.6) is 0 Å². The number of β-lactam (4-membered cyclic amide) rings is 1. The quantitative estimate of drug-likeness (QED) is 0.482. The van der Waals surface area contributed by atoms with E-state index in [0.717, 1.165) is 0 Å². The molecule has 1 fully saturated rings. The van der Waals surface area contributed by atoms with Gasteiger partial charge in [-0.1, -0.05) is 11.8 Å². The molecule has 1 saturated heterocycles. The molecule has 0 saturated carbocycles. The van der Waals surface area contributed by atoms with Gasteiger partial charge in [-0.05, 0) is 10.8 Å². The maximum Gasteiger partial charge on any atom is 0.352 e. The van der Waals surface area contributed by atoms with E-state index in [1.165, 1.54) is 28.4 Å².